The van der Waals surface area contributed by atoms with Crippen molar-refractivity contribution in [3.8, 4) is 11.3 Å². The minimum Gasteiger partial charge on any atom is -0.446 e. The fraction of sp³-hybridized carbons (Fsp3) is 0.375. The lowest BCUT2D eigenvalue weighted by molar-refractivity contribution is -0.438. The molecular weight excluding hydrogens is 455 g/mol. The third-order valence-electron chi connectivity index (χ3n) is 5.16. The lowest BCUT2D eigenvalue weighted by atomic mass is 10.1. The second-order valence-corrected chi connectivity index (χ2v) is 8.17. The maximum atomic E-state index is 13.6. The second kappa shape index (κ2) is 11.4. The number of benzene rings is 1. The summed E-state index contributed by atoms with van der Waals surface area (Å²) in [5.41, 5.74) is 1.98. The summed E-state index contributed by atoms with van der Waals surface area (Å²) in [6, 6.07) is 8.51. The maximum Gasteiger partial charge on any atom is 0.464 e. The zero-order valence-electron chi connectivity index (χ0n) is 18.5. The van der Waals surface area contributed by atoms with Crippen LogP contribution in [-0.2, 0) is 0 Å². The average molecular weight is 481 g/mol. The number of nitrogens with one attached hydrogen (secondary N) is 1. The number of furan rings is 1. The van der Waals surface area contributed by atoms with Crippen LogP contribution in [0.4, 0.5) is 13.2 Å². The summed E-state index contributed by atoms with van der Waals surface area (Å²) < 4.78 is 46.7. The van der Waals surface area contributed by atoms with Crippen LogP contribution in [-0.4, -0.2) is 67.1 Å². The number of hydrogen-bond donors (Lipinski definition) is 1. The van der Waals surface area contributed by atoms with E-state index >= 15 is 0 Å². The minimum absolute atomic E-state index is 0.0577. The van der Waals surface area contributed by atoms with Gasteiger partial charge in [0.2, 0.25) is 12.3 Å². The molecule has 5 nitrogen and oxygen atoms in total. The quantitative estimate of drug-likeness (QED) is 0.354. The maximum absolute atomic E-state index is 13.6. The topological polar surface area (TPSA) is 48.5 Å². The van der Waals surface area contributed by atoms with Crippen LogP contribution >= 0.6 is 11.6 Å². The van der Waals surface area contributed by atoms with E-state index in [9.17, 15) is 18.0 Å². The molecule has 0 unspecified atom stereocenters. The SMILES string of the molecule is CC(=C=[N+](CC(F)F)C(=O)c1oc(-c2ccc(Cl)cc2)cc1C)C=C(CF)N1CCNCC1. The monoisotopic (exact) mass is 480 g/mol. The number of amides is 1. The van der Waals surface area contributed by atoms with Gasteiger partial charge >= 0.3 is 5.91 Å². The highest BCUT2D eigenvalue weighted by molar-refractivity contribution is 6.30. The van der Waals surface area contributed by atoms with Crippen LogP contribution in [0.2, 0.25) is 5.02 Å². The van der Waals surface area contributed by atoms with E-state index in [-0.39, 0.29) is 5.76 Å². The van der Waals surface area contributed by atoms with Gasteiger partial charge in [0.25, 0.3) is 6.43 Å². The number of carbonyl (C=O) groups is 1. The molecule has 1 fully saturated rings. The van der Waals surface area contributed by atoms with Crippen LogP contribution in [0.15, 0.2) is 52.1 Å². The van der Waals surface area contributed by atoms with Crippen LogP contribution in [0, 0.1) is 6.92 Å². The third-order valence-corrected chi connectivity index (χ3v) is 5.41. The van der Waals surface area contributed by atoms with Crippen molar-refractivity contribution in [1.82, 2.24) is 10.2 Å². The molecule has 1 aliphatic heterocycles. The molecule has 1 saturated heterocycles. The van der Waals surface area contributed by atoms with E-state index in [4.69, 9.17) is 16.0 Å². The molecule has 0 aliphatic carbocycles. The molecule has 1 aromatic heterocycles. The second-order valence-electron chi connectivity index (χ2n) is 7.74. The minimum atomic E-state index is -2.78. The van der Waals surface area contributed by atoms with Crippen LogP contribution in [0.5, 0.6) is 0 Å². The number of nitrogens with zero attached hydrogens (tertiary/aromatic N) is 2. The Balaban J connectivity index is 1.96. The molecule has 0 radical (unpaired) electrons. The molecule has 2 aromatic rings. The highest BCUT2D eigenvalue weighted by Crippen LogP contribution is 2.27. The van der Waals surface area contributed by atoms with E-state index in [0.717, 1.165) is 17.7 Å². The first kappa shape index (κ1) is 24.8. The van der Waals surface area contributed by atoms with Gasteiger partial charge in [-0.15, -0.1) is 4.58 Å². The lowest BCUT2D eigenvalue weighted by Gasteiger charge is -2.30. The highest BCUT2D eigenvalue weighted by Gasteiger charge is 2.30. The zero-order valence-corrected chi connectivity index (χ0v) is 19.3. The molecule has 1 N–H and O–H groups in total. The smallest absolute Gasteiger partial charge is 0.446 e. The molecule has 2 heterocycles. The summed E-state index contributed by atoms with van der Waals surface area (Å²) in [4.78, 5) is 15.0. The van der Waals surface area contributed by atoms with E-state index in [0.29, 0.717) is 46.3 Å². The van der Waals surface area contributed by atoms with Crippen molar-refractivity contribution in [2.75, 3.05) is 39.4 Å². The molecule has 3 rings (SSSR count). The molecule has 1 aliphatic rings. The number of alkyl halides is 3. The van der Waals surface area contributed by atoms with Crippen LogP contribution < -0.4 is 5.32 Å². The standard InChI is InChI=1S/C24H26ClF3N3O2/c1-16(11-20(13-26)30-9-7-29-8-10-30)14-31(15-22(27)28)24(32)23-17(2)12-21(33-23)18-3-5-19(25)6-4-18/h3-6,11-12,22,29H,7-10,13,15H2,1-2H3/q+1. The Morgan fingerprint density at radius 2 is 1.97 bits per heavy atom. The van der Waals surface area contributed by atoms with Crippen LogP contribution in [0.25, 0.3) is 11.3 Å². The molecule has 0 atom stereocenters. The average Bonchev–Trinajstić information content (AvgIpc) is 3.18. The van der Waals surface area contributed by atoms with Crippen molar-refractivity contribution in [1.29, 1.82) is 0 Å². The first-order valence-electron chi connectivity index (χ1n) is 10.6. The molecular formula is C24H26ClF3N3O2+. The Kier molecular flexibility index (Phi) is 8.55. The van der Waals surface area contributed by atoms with Crippen molar-refractivity contribution in [2.24, 2.45) is 0 Å². The normalized spacial score (nSPS) is 14.4. The number of hydrogen-bond acceptors (Lipinski definition) is 4. The number of halogens is 4. The molecule has 0 saturated carbocycles. The molecule has 1 amide bonds. The number of carbonyl (C=O) groups excluding carboxylic acids is 1. The fourth-order valence-electron chi connectivity index (χ4n) is 3.55. The third kappa shape index (κ3) is 6.60. The summed E-state index contributed by atoms with van der Waals surface area (Å²) in [5, 5.41) is 3.74. The van der Waals surface area contributed by atoms with E-state index < -0.39 is 25.6 Å². The van der Waals surface area contributed by atoms with Gasteiger partial charge in [-0.2, -0.15) is 0 Å². The summed E-state index contributed by atoms with van der Waals surface area (Å²) >= 11 is 5.91. The molecule has 33 heavy (non-hydrogen) atoms. The van der Waals surface area contributed by atoms with Crippen LogP contribution in [0.1, 0.15) is 23.0 Å². The Morgan fingerprint density at radius 1 is 1.30 bits per heavy atom. The van der Waals surface area contributed by atoms with E-state index in [2.05, 4.69) is 11.2 Å². The van der Waals surface area contributed by atoms with Gasteiger partial charge in [-0.3, -0.25) is 0 Å². The predicted octanol–water partition coefficient (Wildman–Crippen LogP) is 4.70. The Morgan fingerprint density at radius 3 is 2.58 bits per heavy atom. The van der Waals surface area contributed by atoms with Gasteiger partial charge in [0, 0.05) is 48.0 Å². The van der Waals surface area contributed by atoms with Crippen molar-refractivity contribution in [3.63, 3.8) is 0 Å². The van der Waals surface area contributed by atoms with Gasteiger partial charge in [0.05, 0.1) is 5.57 Å². The Hall–Kier alpha value is -2.80. The van der Waals surface area contributed by atoms with Gasteiger partial charge in [-0.1, -0.05) is 11.6 Å². The zero-order chi connectivity index (χ0) is 24.0. The largest absolute Gasteiger partial charge is 0.464 e. The Bertz CT molecular complexity index is 1080. The molecule has 9 heteroatoms. The molecule has 0 bridgehead atoms. The van der Waals surface area contributed by atoms with Crippen molar-refractivity contribution in [2.45, 2.75) is 20.3 Å². The number of allylic oxidation sites excluding steroid dienone is 3. The summed E-state index contributed by atoms with van der Waals surface area (Å²) in [5.74, 6) is 2.31. The van der Waals surface area contributed by atoms with E-state index in [1.165, 1.54) is 6.08 Å². The molecule has 176 valence electrons. The summed E-state index contributed by atoms with van der Waals surface area (Å²) in [6.45, 7) is 4.43. The number of piperazine rings is 1. The number of rotatable bonds is 7. The van der Waals surface area contributed by atoms with Crippen molar-refractivity contribution >= 4 is 23.4 Å². The van der Waals surface area contributed by atoms with Gasteiger partial charge in [-0.05, 0) is 50.3 Å². The van der Waals surface area contributed by atoms with Gasteiger partial charge < -0.3 is 14.6 Å². The van der Waals surface area contributed by atoms with Crippen molar-refractivity contribution in [3.05, 3.63) is 64.0 Å². The van der Waals surface area contributed by atoms with Gasteiger partial charge in [0.1, 0.15) is 12.4 Å². The lowest BCUT2D eigenvalue weighted by Crippen LogP contribution is -2.43. The first-order valence-corrected chi connectivity index (χ1v) is 10.9. The number of aryl methyl sites for hydroxylation is 1. The van der Waals surface area contributed by atoms with Gasteiger partial charge in [0.15, 0.2) is 5.87 Å². The predicted molar refractivity (Wildman–Crippen MR) is 122 cm³/mol. The van der Waals surface area contributed by atoms with Gasteiger partial charge in [-0.25, -0.2) is 18.0 Å². The molecule has 0 spiro atoms. The van der Waals surface area contributed by atoms with Crippen LogP contribution in [0.3, 0.4) is 0 Å². The fourth-order valence-corrected chi connectivity index (χ4v) is 3.68. The summed E-state index contributed by atoms with van der Waals surface area (Å²) in [6.07, 6.45) is -1.25. The first-order chi connectivity index (χ1) is 15.8. The Labute approximate surface area is 195 Å². The summed E-state index contributed by atoms with van der Waals surface area (Å²) in [7, 11) is 0. The van der Waals surface area contributed by atoms with Crippen molar-refractivity contribution < 1.29 is 27.0 Å². The van der Waals surface area contributed by atoms with E-state index in [1.807, 2.05) is 4.90 Å². The molecule has 1 aromatic carbocycles. The highest BCUT2D eigenvalue weighted by atomic mass is 35.5. The van der Waals surface area contributed by atoms with E-state index in [1.54, 1.807) is 44.2 Å².